The highest BCUT2D eigenvalue weighted by Gasteiger charge is 2.13. The quantitative estimate of drug-likeness (QED) is 0.378. The molecule has 0 aliphatic heterocycles. The number of nitrogens with zero attached hydrogens (tertiary/aromatic N) is 2. The largest absolute Gasteiger partial charge is 0.383 e. The number of hydrogen-bond donors (Lipinski definition) is 2. The summed E-state index contributed by atoms with van der Waals surface area (Å²) in [7, 11) is 0. The van der Waals surface area contributed by atoms with Crippen molar-refractivity contribution in [2.45, 2.75) is 51.4 Å². The van der Waals surface area contributed by atoms with Crippen molar-refractivity contribution in [3.05, 3.63) is 58.7 Å². The molecule has 2 aromatic heterocycles. The van der Waals surface area contributed by atoms with Gasteiger partial charge >= 0.3 is 0 Å². The molecule has 3 aromatic rings. The summed E-state index contributed by atoms with van der Waals surface area (Å²) in [6.45, 7) is 0. The number of aromatic amines is 1. The Morgan fingerprint density at radius 1 is 1.18 bits per heavy atom. The smallest absolute Gasteiger partial charge is 0.141 e. The maximum Gasteiger partial charge on any atom is 0.141 e. The van der Waals surface area contributed by atoms with Gasteiger partial charge in [0.05, 0.1) is 22.5 Å². The lowest BCUT2D eigenvalue weighted by atomic mass is 9.86. The van der Waals surface area contributed by atoms with Crippen molar-refractivity contribution in [3.63, 3.8) is 0 Å². The zero-order valence-corrected chi connectivity index (χ0v) is 17.0. The van der Waals surface area contributed by atoms with Crippen LogP contribution in [0.5, 0.6) is 0 Å². The minimum atomic E-state index is 0.556. The summed E-state index contributed by atoms with van der Waals surface area (Å²) in [5.41, 5.74) is 9.11. The molecule has 28 heavy (non-hydrogen) atoms. The molecule has 0 amide bonds. The van der Waals surface area contributed by atoms with Gasteiger partial charge in [-0.15, -0.1) is 11.3 Å². The first-order valence-corrected chi connectivity index (χ1v) is 11.2. The van der Waals surface area contributed by atoms with Crippen LogP contribution in [0.15, 0.2) is 53.0 Å². The van der Waals surface area contributed by atoms with Crippen LogP contribution in [0.4, 0.5) is 5.69 Å². The van der Waals surface area contributed by atoms with E-state index in [4.69, 9.17) is 5.73 Å². The Bertz CT molecular complexity index is 904. The monoisotopic (exact) mass is 392 g/mol. The van der Waals surface area contributed by atoms with Gasteiger partial charge in [-0.1, -0.05) is 56.7 Å². The van der Waals surface area contributed by atoms with Gasteiger partial charge in [0.25, 0.3) is 0 Å². The SMILES string of the molecule is NC(=Nc1cccc(-c2cnc(CCCC3CCCCC3)[nH]2)c1)c1cccs1. The molecule has 0 radical (unpaired) electrons. The van der Waals surface area contributed by atoms with Gasteiger partial charge in [-0.2, -0.15) is 0 Å². The third-order valence-corrected chi connectivity index (χ3v) is 6.45. The van der Waals surface area contributed by atoms with Gasteiger partial charge in [0.1, 0.15) is 11.7 Å². The van der Waals surface area contributed by atoms with Gasteiger partial charge in [0.2, 0.25) is 0 Å². The van der Waals surface area contributed by atoms with E-state index in [-0.39, 0.29) is 0 Å². The summed E-state index contributed by atoms with van der Waals surface area (Å²) in [6, 6.07) is 12.1. The summed E-state index contributed by atoms with van der Waals surface area (Å²) in [5, 5.41) is 2.01. The molecule has 0 unspecified atom stereocenters. The molecule has 1 aliphatic carbocycles. The first-order valence-electron chi connectivity index (χ1n) is 10.3. The van der Waals surface area contributed by atoms with Crippen molar-refractivity contribution >= 4 is 22.9 Å². The third-order valence-electron chi connectivity index (χ3n) is 5.56. The number of benzene rings is 1. The summed E-state index contributed by atoms with van der Waals surface area (Å²) < 4.78 is 0. The van der Waals surface area contributed by atoms with Crippen molar-refractivity contribution < 1.29 is 0 Å². The van der Waals surface area contributed by atoms with Crippen LogP contribution < -0.4 is 5.73 Å². The normalized spacial score (nSPS) is 15.8. The molecule has 0 atom stereocenters. The molecule has 1 fully saturated rings. The highest BCUT2D eigenvalue weighted by atomic mass is 32.1. The number of imidazole rings is 1. The fourth-order valence-electron chi connectivity index (χ4n) is 4.03. The number of nitrogens with two attached hydrogens (primary N) is 1. The van der Waals surface area contributed by atoms with Crippen LogP contribution in [0.25, 0.3) is 11.3 Å². The number of rotatable bonds is 7. The van der Waals surface area contributed by atoms with Gasteiger partial charge in [0, 0.05) is 12.0 Å². The van der Waals surface area contributed by atoms with Gasteiger partial charge < -0.3 is 10.7 Å². The van der Waals surface area contributed by atoms with Gasteiger partial charge in [-0.25, -0.2) is 9.98 Å². The Hall–Kier alpha value is -2.40. The van der Waals surface area contributed by atoms with E-state index in [9.17, 15) is 0 Å². The fraction of sp³-hybridized carbons (Fsp3) is 0.391. The number of aryl methyl sites for hydroxylation is 1. The molecule has 1 aliphatic rings. The summed E-state index contributed by atoms with van der Waals surface area (Å²) in [4.78, 5) is 13.6. The number of nitrogens with one attached hydrogen (secondary N) is 1. The topological polar surface area (TPSA) is 67.1 Å². The minimum Gasteiger partial charge on any atom is -0.383 e. The number of hydrogen-bond acceptors (Lipinski definition) is 3. The number of amidine groups is 1. The number of aromatic nitrogens is 2. The maximum absolute atomic E-state index is 6.12. The summed E-state index contributed by atoms with van der Waals surface area (Å²) >= 11 is 1.60. The van der Waals surface area contributed by atoms with E-state index >= 15 is 0 Å². The van der Waals surface area contributed by atoms with Crippen molar-refractivity contribution in [1.82, 2.24) is 9.97 Å². The zero-order valence-electron chi connectivity index (χ0n) is 16.2. The lowest BCUT2D eigenvalue weighted by molar-refractivity contribution is 0.332. The van der Waals surface area contributed by atoms with Crippen LogP contribution in [-0.2, 0) is 6.42 Å². The third kappa shape index (κ3) is 4.90. The average molecular weight is 393 g/mol. The van der Waals surface area contributed by atoms with E-state index in [0.717, 1.165) is 40.0 Å². The van der Waals surface area contributed by atoms with Gasteiger partial charge in [0.15, 0.2) is 0 Å². The van der Waals surface area contributed by atoms with E-state index in [1.54, 1.807) is 11.3 Å². The molecule has 0 bridgehead atoms. The predicted molar refractivity (Wildman–Crippen MR) is 118 cm³/mol. The highest BCUT2D eigenvalue weighted by molar-refractivity contribution is 7.12. The second-order valence-electron chi connectivity index (χ2n) is 7.66. The standard InChI is InChI=1S/C23H28N4S/c24-23(21-12-6-14-28-21)26-19-11-5-10-18(15-19)20-16-25-22(27-20)13-4-9-17-7-2-1-3-8-17/h5-6,10-12,14-17H,1-4,7-9,13H2,(H2,24,26)(H,25,27). The molecule has 5 heteroatoms. The van der Waals surface area contributed by atoms with E-state index in [1.807, 2.05) is 35.8 Å². The van der Waals surface area contributed by atoms with Crippen molar-refractivity contribution in [2.75, 3.05) is 0 Å². The molecule has 0 saturated heterocycles. The molecule has 146 valence electrons. The Balaban J connectivity index is 1.38. The Labute approximate surface area is 170 Å². The maximum atomic E-state index is 6.12. The molecule has 3 N–H and O–H groups in total. The first kappa shape index (κ1) is 18.9. The first-order chi connectivity index (χ1) is 13.8. The van der Waals surface area contributed by atoms with Crippen LogP contribution in [0.2, 0.25) is 0 Å². The predicted octanol–water partition coefficient (Wildman–Crippen LogP) is 6.08. The number of aliphatic imine (C=N–C) groups is 1. The zero-order chi connectivity index (χ0) is 19.2. The van der Waals surface area contributed by atoms with Crippen LogP contribution in [0, 0.1) is 5.92 Å². The summed E-state index contributed by atoms with van der Waals surface area (Å²) in [5.74, 6) is 2.57. The second-order valence-corrected chi connectivity index (χ2v) is 8.61. The molecule has 4 rings (SSSR count). The van der Waals surface area contributed by atoms with Crippen LogP contribution in [0.1, 0.15) is 55.6 Å². The molecular formula is C23H28N4S. The van der Waals surface area contributed by atoms with Gasteiger partial charge in [-0.3, -0.25) is 0 Å². The Morgan fingerprint density at radius 3 is 2.89 bits per heavy atom. The Kier molecular flexibility index (Phi) is 6.22. The molecule has 4 nitrogen and oxygen atoms in total. The van der Waals surface area contributed by atoms with Crippen molar-refractivity contribution in [3.8, 4) is 11.3 Å². The summed E-state index contributed by atoms with van der Waals surface area (Å²) in [6.07, 6.45) is 12.6. The Morgan fingerprint density at radius 2 is 2.07 bits per heavy atom. The van der Waals surface area contributed by atoms with E-state index in [1.165, 1.54) is 44.9 Å². The molecule has 0 spiro atoms. The molecule has 1 saturated carbocycles. The lowest BCUT2D eigenvalue weighted by Gasteiger charge is -2.20. The second kappa shape index (κ2) is 9.20. The minimum absolute atomic E-state index is 0.556. The van der Waals surface area contributed by atoms with Crippen molar-refractivity contribution in [1.29, 1.82) is 0 Å². The molecule has 2 heterocycles. The van der Waals surface area contributed by atoms with E-state index in [2.05, 4.69) is 27.1 Å². The van der Waals surface area contributed by atoms with Crippen LogP contribution in [-0.4, -0.2) is 15.8 Å². The number of thiophene rings is 1. The van der Waals surface area contributed by atoms with Crippen molar-refractivity contribution in [2.24, 2.45) is 16.6 Å². The highest BCUT2D eigenvalue weighted by Crippen LogP contribution is 2.28. The fourth-order valence-corrected chi connectivity index (χ4v) is 4.66. The van der Waals surface area contributed by atoms with E-state index < -0.39 is 0 Å². The average Bonchev–Trinajstić information content (AvgIpc) is 3.42. The van der Waals surface area contributed by atoms with Crippen LogP contribution in [0.3, 0.4) is 0 Å². The van der Waals surface area contributed by atoms with Crippen LogP contribution >= 0.6 is 11.3 Å². The van der Waals surface area contributed by atoms with E-state index in [0.29, 0.717) is 5.84 Å². The van der Waals surface area contributed by atoms with Gasteiger partial charge in [-0.05, 0) is 35.9 Å². The number of H-pyrrole nitrogens is 1. The molecular weight excluding hydrogens is 364 g/mol. The molecule has 1 aromatic carbocycles. The lowest BCUT2D eigenvalue weighted by Crippen LogP contribution is -2.10.